The molecule has 0 spiro atoms. The van der Waals surface area contributed by atoms with E-state index < -0.39 is 0 Å². The molecule has 2 N–H and O–H groups in total. The van der Waals surface area contributed by atoms with Gasteiger partial charge >= 0.3 is 0 Å². The number of aromatic nitrogens is 1. The zero-order valence-electron chi connectivity index (χ0n) is 12.6. The van der Waals surface area contributed by atoms with E-state index in [-0.39, 0.29) is 11.9 Å². The van der Waals surface area contributed by atoms with E-state index in [0.29, 0.717) is 13.1 Å². The van der Waals surface area contributed by atoms with Crippen molar-refractivity contribution in [2.24, 2.45) is 0 Å². The molecule has 1 aromatic carbocycles. The van der Waals surface area contributed by atoms with Crippen molar-refractivity contribution in [3.05, 3.63) is 51.5 Å². The Hall–Kier alpha value is -1.72. The summed E-state index contributed by atoms with van der Waals surface area (Å²) in [4.78, 5) is 17.6. The first kappa shape index (κ1) is 15.7. The lowest BCUT2D eigenvalue weighted by molar-refractivity contribution is -0.120. The fourth-order valence-electron chi connectivity index (χ4n) is 2.15. The van der Waals surface area contributed by atoms with E-state index in [1.165, 1.54) is 4.88 Å². The van der Waals surface area contributed by atoms with Crippen molar-refractivity contribution in [1.82, 2.24) is 15.6 Å². The van der Waals surface area contributed by atoms with Gasteiger partial charge in [0, 0.05) is 17.5 Å². The van der Waals surface area contributed by atoms with Gasteiger partial charge < -0.3 is 10.6 Å². The van der Waals surface area contributed by atoms with Gasteiger partial charge in [0.2, 0.25) is 5.91 Å². The van der Waals surface area contributed by atoms with Crippen LogP contribution in [-0.4, -0.2) is 17.4 Å². The Morgan fingerprint density at radius 1 is 1.29 bits per heavy atom. The molecule has 21 heavy (non-hydrogen) atoms. The van der Waals surface area contributed by atoms with Gasteiger partial charge in [-0.1, -0.05) is 30.3 Å². The number of rotatable bonds is 6. The van der Waals surface area contributed by atoms with Crippen molar-refractivity contribution in [1.29, 1.82) is 0 Å². The van der Waals surface area contributed by atoms with Crippen LogP contribution in [0.5, 0.6) is 0 Å². The van der Waals surface area contributed by atoms with Gasteiger partial charge in [-0.2, -0.15) is 0 Å². The standard InChI is InChI=1S/C16H21N3OS/c1-11(16-12(2)21-13(3)19-16)17-10-15(20)18-9-14-7-5-4-6-8-14/h4-8,11,17H,9-10H2,1-3H3,(H,18,20). The minimum Gasteiger partial charge on any atom is -0.351 e. The number of carbonyl (C=O) groups excluding carboxylic acids is 1. The molecule has 2 rings (SSSR count). The van der Waals surface area contributed by atoms with E-state index in [9.17, 15) is 4.79 Å². The molecule has 0 aliphatic rings. The summed E-state index contributed by atoms with van der Waals surface area (Å²) in [6.45, 7) is 6.95. The number of nitrogens with one attached hydrogen (secondary N) is 2. The maximum Gasteiger partial charge on any atom is 0.234 e. The van der Waals surface area contributed by atoms with E-state index in [2.05, 4.69) is 22.5 Å². The molecule has 0 fully saturated rings. The van der Waals surface area contributed by atoms with Gasteiger partial charge in [0.15, 0.2) is 0 Å². The number of benzene rings is 1. The molecular formula is C16H21N3OS. The van der Waals surface area contributed by atoms with Crippen LogP contribution in [0.4, 0.5) is 0 Å². The predicted molar refractivity (Wildman–Crippen MR) is 86.3 cm³/mol. The average Bonchev–Trinajstić information content (AvgIpc) is 2.82. The van der Waals surface area contributed by atoms with E-state index in [0.717, 1.165) is 16.3 Å². The number of carbonyl (C=O) groups is 1. The fourth-order valence-corrected chi connectivity index (χ4v) is 3.06. The smallest absolute Gasteiger partial charge is 0.234 e. The summed E-state index contributed by atoms with van der Waals surface area (Å²) in [5.41, 5.74) is 2.14. The Labute approximate surface area is 129 Å². The van der Waals surface area contributed by atoms with Gasteiger partial charge in [-0.25, -0.2) is 4.98 Å². The van der Waals surface area contributed by atoms with Crippen LogP contribution < -0.4 is 10.6 Å². The summed E-state index contributed by atoms with van der Waals surface area (Å²) < 4.78 is 0. The van der Waals surface area contributed by atoms with Gasteiger partial charge in [0.25, 0.3) is 0 Å². The highest BCUT2D eigenvalue weighted by Crippen LogP contribution is 2.22. The number of amides is 1. The highest BCUT2D eigenvalue weighted by molar-refractivity contribution is 7.11. The molecule has 1 unspecified atom stereocenters. The second-order valence-electron chi connectivity index (χ2n) is 5.04. The molecule has 112 valence electrons. The molecule has 0 aliphatic carbocycles. The summed E-state index contributed by atoms with van der Waals surface area (Å²) in [6.07, 6.45) is 0. The van der Waals surface area contributed by atoms with Crippen LogP contribution in [0.2, 0.25) is 0 Å². The minimum atomic E-state index is -0.00434. The van der Waals surface area contributed by atoms with Crippen molar-refractivity contribution in [3.63, 3.8) is 0 Å². The zero-order valence-corrected chi connectivity index (χ0v) is 13.5. The van der Waals surface area contributed by atoms with Gasteiger partial charge in [-0.15, -0.1) is 11.3 Å². The first-order valence-corrected chi connectivity index (χ1v) is 7.86. The highest BCUT2D eigenvalue weighted by atomic mass is 32.1. The summed E-state index contributed by atoms with van der Waals surface area (Å²) in [6, 6.07) is 9.98. The second-order valence-corrected chi connectivity index (χ2v) is 6.45. The number of aryl methyl sites for hydroxylation is 2. The van der Waals surface area contributed by atoms with E-state index in [1.54, 1.807) is 11.3 Å². The SMILES string of the molecule is Cc1nc(C(C)NCC(=O)NCc2ccccc2)c(C)s1. The number of nitrogens with zero attached hydrogens (tertiary/aromatic N) is 1. The third kappa shape index (κ3) is 4.65. The lowest BCUT2D eigenvalue weighted by Crippen LogP contribution is -2.34. The molecule has 0 aliphatic heterocycles. The molecule has 0 radical (unpaired) electrons. The zero-order chi connectivity index (χ0) is 15.2. The first-order valence-electron chi connectivity index (χ1n) is 7.04. The summed E-state index contributed by atoms with van der Waals surface area (Å²) in [5.74, 6) is -0.00434. The molecule has 1 heterocycles. The maximum absolute atomic E-state index is 11.9. The Bertz CT molecular complexity index is 595. The molecular weight excluding hydrogens is 282 g/mol. The molecule has 0 saturated carbocycles. The quantitative estimate of drug-likeness (QED) is 0.863. The average molecular weight is 303 g/mol. The number of thiazole rings is 1. The lowest BCUT2D eigenvalue weighted by Gasteiger charge is -2.12. The van der Waals surface area contributed by atoms with Gasteiger partial charge in [-0.05, 0) is 26.3 Å². The Morgan fingerprint density at radius 3 is 2.62 bits per heavy atom. The van der Waals surface area contributed by atoms with Crippen LogP contribution in [0.15, 0.2) is 30.3 Å². The molecule has 1 atom stereocenters. The molecule has 1 amide bonds. The van der Waals surface area contributed by atoms with E-state index >= 15 is 0 Å². The van der Waals surface area contributed by atoms with Crippen molar-refractivity contribution < 1.29 is 4.79 Å². The maximum atomic E-state index is 11.9. The van der Waals surface area contributed by atoms with Crippen LogP contribution in [0.25, 0.3) is 0 Å². The van der Waals surface area contributed by atoms with Crippen molar-refractivity contribution in [2.75, 3.05) is 6.54 Å². The number of hydrogen-bond acceptors (Lipinski definition) is 4. The lowest BCUT2D eigenvalue weighted by atomic mass is 10.2. The second kappa shape index (κ2) is 7.33. The Morgan fingerprint density at radius 2 is 2.00 bits per heavy atom. The molecule has 4 nitrogen and oxygen atoms in total. The van der Waals surface area contributed by atoms with Crippen LogP contribution in [0, 0.1) is 13.8 Å². The van der Waals surface area contributed by atoms with Crippen molar-refractivity contribution in [2.45, 2.75) is 33.4 Å². The summed E-state index contributed by atoms with van der Waals surface area (Å²) >= 11 is 1.69. The van der Waals surface area contributed by atoms with Crippen molar-refractivity contribution >= 4 is 17.2 Å². The molecule has 5 heteroatoms. The molecule has 2 aromatic rings. The van der Waals surface area contributed by atoms with E-state index in [1.807, 2.05) is 44.2 Å². The highest BCUT2D eigenvalue weighted by Gasteiger charge is 2.13. The van der Waals surface area contributed by atoms with Crippen LogP contribution in [-0.2, 0) is 11.3 Å². The third-order valence-corrected chi connectivity index (χ3v) is 4.15. The fraction of sp³-hybridized carbons (Fsp3) is 0.375. The van der Waals surface area contributed by atoms with Gasteiger partial charge in [0.05, 0.1) is 17.2 Å². The predicted octanol–water partition coefficient (Wildman–Crippen LogP) is 2.73. The van der Waals surface area contributed by atoms with Crippen LogP contribution in [0.1, 0.15) is 34.1 Å². The van der Waals surface area contributed by atoms with Crippen molar-refractivity contribution in [3.8, 4) is 0 Å². The molecule has 1 aromatic heterocycles. The largest absolute Gasteiger partial charge is 0.351 e. The Balaban J connectivity index is 1.77. The van der Waals surface area contributed by atoms with Gasteiger partial charge in [0.1, 0.15) is 0 Å². The van der Waals surface area contributed by atoms with Crippen LogP contribution >= 0.6 is 11.3 Å². The summed E-state index contributed by atoms with van der Waals surface area (Å²) in [7, 11) is 0. The number of hydrogen-bond donors (Lipinski definition) is 2. The third-order valence-electron chi connectivity index (χ3n) is 3.25. The topological polar surface area (TPSA) is 54.0 Å². The molecule has 0 saturated heterocycles. The van der Waals surface area contributed by atoms with Crippen LogP contribution in [0.3, 0.4) is 0 Å². The monoisotopic (exact) mass is 303 g/mol. The summed E-state index contributed by atoms with van der Waals surface area (Å²) in [5, 5.41) is 7.19. The Kier molecular flexibility index (Phi) is 5.47. The minimum absolute atomic E-state index is 0.00434. The van der Waals surface area contributed by atoms with Gasteiger partial charge in [-0.3, -0.25) is 4.79 Å². The first-order chi connectivity index (χ1) is 10.1. The normalized spacial score (nSPS) is 12.1. The van der Waals surface area contributed by atoms with E-state index in [4.69, 9.17) is 0 Å². The molecule has 0 bridgehead atoms.